The van der Waals surface area contributed by atoms with Crippen LogP contribution >= 0.6 is 0 Å². The zero-order valence-electron chi connectivity index (χ0n) is 21.9. The summed E-state index contributed by atoms with van der Waals surface area (Å²) >= 11 is 0. The molecule has 0 saturated heterocycles. The molecule has 3 aromatic heterocycles. The van der Waals surface area contributed by atoms with Crippen molar-refractivity contribution in [2.24, 2.45) is 0 Å². The Morgan fingerprint density at radius 3 is 2.56 bits per heavy atom. The third kappa shape index (κ3) is 4.60. The van der Waals surface area contributed by atoms with E-state index in [9.17, 15) is 31.5 Å². The molecule has 3 N–H and O–H groups in total. The van der Waals surface area contributed by atoms with Crippen LogP contribution in [0.2, 0.25) is 0 Å². The number of nitrogens with one attached hydrogen (secondary N) is 1. The van der Waals surface area contributed by atoms with Crippen LogP contribution in [0.1, 0.15) is 40.5 Å². The van der Waals surface area contributed by atoms with E-state index in [1.54, 1.807) is 45.3 Å². The Hall–Kier alpha value is -4.69. The molecule has 0 aliphatic carbocycles. The Balaban J connectivity index is 1.56. The van der Waals surface area contributed by atoms with Gasteiger partial charge >= 0.3 is 12.1 Å². The summed E-state index contributed by atoms with van der Waals surface area (Å²) in [5, 5.41) is 2.68. The second-order valence-corrected chi connectivity index (χ2v) is 9.95. The molecule has 0 radical (unpaired) electrons. The predicted octanol–water partition coefficient (Wildman–Crippen LogP) is 3.86. The summed E-state index contributed by atoms with van der Waals surface area (Å²) in [6.07, 6.45) is -3.77. The topological polar surface area (TPSA) is 131 Å². The normalized spacial score (nSPS) is 17.0. The maximum Gasteiger partial charge on any atom is 0.453 e. The number of amides is 2. The SMILES string of the molecule is CN(C)C(=O)c1cccc(C2(C)C(=O)Nc3nc(-c4cn5ccnc5c(CCC(F)(F)C(F)(F)F)n4)nc(N)c32)c1. The zero-order chi connectivity index (χ0) is 29.9. The number of alkyl halides is 5. The van der Waals surface area contributed by atoms with Gasteiger partial charge < -0.3 is 20.4 Å². The van der Waals surface area contributed by atoms with Crippen molar-refractivity contribution in [2.45, 2.75) is 37.3 Å². The molecular weight excluding hydrogens is 551 g/mol. The Morgan fingerprint density at radius 2 is 1.88 bits per heavy atom. The van der Waals surface area contributed by atoms with E-state index in [4.69, 9.17) is 5.73 Å². The van der Waals surface area contributed by atoms with E-state index >= 15 is 0 Å². The number of anilines is 2. The maximum atomic E-state index is 13.6. The zero-order valence-corrected chi connectivity index (χ0v) is 21.9. The van der Waals surface area contributed by atoms with Crippen LogP contribution in [0.3, 0.4) is 0 Å². The number of fused-ring (bicyclic) bond motifs is 2. The number of hydrogen-bond acceptors (Lipinski definition) is 7. The fraction of sp³-hybridized carbons (Fsp3) is 0.308. The third-order valence-corrected chi connectivity index (χ3v) is 6.98. The molecule has 0 saturated carbocycles. The maximum absolute atomic E-state index is 13.6. The van der Waals surface area contributed by atoms with Gasteiger partial charge in [-0.05, 0) is 31.0 Å². The van der Waals surface area contributed by atoms with E-state index in [2.05, 4.69) is 25.3 Å². The van der Waals surface area contributed by atoms with Crippen molar-refractivity contribution in [3.05, 3.63) is 65.2 Å². The number of nitrogens with two attached hydrogens (primary N) is 1. The van der Waals surface area contributed by atoms with Crippen LogP contribution in [-0.2, 0) is 16.6 Å². The van der Waals surface area contributed by atoms with Gasteiger partial charge in [0.05, 0.1) is 11.3 Å². The molecule has 2 amide bonds. The van der Waals surface area contributed by atoms with E-state index in [0.29, 0.717) is 11.1 Å². The minimum Gasteiger partial charge on any atom is -0.383 e. The molecule has 10 nitrogen and oxygen atoms in total. The summed E-state index contributed by atoms with van der Waals surface area (Å²) in [6.45, 7) is 1.61. The highest BCUT2D eigenvalue weighted by Gasteiger charge is 2.56. The van der Waals surface area contributed by atoms with Gasteiger partial charge in [-0.25, -0.2) is 19.9 Å². The molecule has 1 atom stereocenters. The Labute approximate surface area is 229 Å². The molecule has 214 valence electrons. The van der Waals surface area contributed by atoms with Crippen molar-refractivity contribution < 1.29 is 31.5 Å². The monoisotopic (exact) mass is 574 g/mol. The van der Waals surface area contributed by atoms with E-state index in [1.807, 2.05) is 0 Å². The number of carbonyl (C=O) groups excluding carboxylic acids is 2. The second kappa shape index (κ2) is 9.45. The Bertz CT molecular complexity index is 1700. The molecule has 4 heterocycles. The molecule has 1 aromatic carbocycles. The molecule has 1 aliphatic rings. The highest BCUT2D eigenvalue weighted by Crippen LogP contribution is 2.45. The largest absolute Gasteiger partial charge is 0.453 e. The average Bonchev–Trinajstić information content (AvgIpc) is 3.48. The fourth-order valence-electron chi connectivity index (χ4n) is 4.71. The summed E-state index contributed by atoms with van der Waals surface area (Å²) in [5.74, 6) is -5.78. The van der Waals surface area contributed by atoms with Gasteiger partial charge in [0.15, 0.2) is 11.5 Å². The van der Waals surface area contributed by atoms with Crippen LogP contribution in [0.15, 0.2) is 42.9 Å². The van der Waals surface area contributed by atoms with Gasteiger partial charge in [0, 0.05) is 44.7 Å². The quantitative estimate of drug-likeness (QED) is 0.335. The van der Waals surface area contributed by atoms with Crippen LogP contribution in [0, 0.1) is 0 Å². The van der Waals surface area contributed by atoms with Crippen LogP contribution in [0.4, 0.5) is 33.6 Å². The number of carbonyl (C=O) groups is 2. The number of hydrogen-bond donors (Lipinski definition) is 2. The van der Waals surface area contributed by atoms with Crippen molar-refractivity contribution in [2.75, 3.05) is 25.1 Å². The highest BCUT2D eigenvalue weighted by molar-refractivity contribution is 6.09. The van der Waals surface area contributed by atoms with Gasteiger partial charge in [-0.15, -0.1) is 0 Å². The lowest BCUT2D eigenvalue weighted by molar-refractivity contribution is -0.284. The number of rotatable bonds is 6. The van der Waals surface area contributed by atoms with Gasteiger partial charge in [-0.3, -0.25) is 9.59 Å². The number of aromatic nitrogens is 5. The first-order chi connectivity index (χ1) is 19.1. The summed E-state index contributed by atoms with van der Waals surface area (Å²) in [4.78, 5) is 44.2. The van der Waals surface area contributed by atoms with Crippen molar-refractivity contribution >= 4 is 29.1 Å². The van der Waals surface area contributed by atoms with Crippen LogP contribution in [0.25, 0.3) is 17.2 Å². The first kappa shape index (κ1) is 27.9. The molecule has 0 spiro atoms. The molecule has 1 aliphatic heterocycles. The molecule has 15 heteroatoms. The standard InChI is InChI=1S/C26H23F5N8O2/c1-24(14-6-4-5-13(11-14)22(40)38(2)3)17-18(32)35-19(36-20(17)37-23(24)41)16-12-39-10-9-33-21(39)15(34-16)7-8-25(27,28)26(29,30)31/h4-6,9-12H,7-8H2,1-3H3,(H3,32,35,36,37,41). The summed E-state index contributed by atoms with van der Waals surface area (Å²) < 4.78 is 66.9. The summed E-state index contributed by atoms with van der Waals surface area (Å²) in [5.41, 5.74) is 6.03. The highest BCUT2D eigenvalue weighted by atomic mass is 19.4. The van der Waals surface area contributed by atoms with Gasteiger partial charge in [0.1, 0.15) is 22.7 Å². The van der Waals surface area contributed by atoms with Crippen molar-refractivity contribution in [3.63, 3.8) is 0 Å². The van der Waals surface area contributed by atoms with Gasteiger partial charge in [0.25, 0.3) is 5.91 Å². The van der Waals surface area contributed by atoms with Crippen molar-refractivity contribution in [1.82, 2.24) is 29.2 Å². The molecule has 41 heavy (non-hydrogen) atoms. The third-order valence-electron chi connectivity index (χ3n) is 6.98. The number of imidazole rings is 1. The van der Waals surface area contributed by atoms with Crippen molar-refractivity contribution in [1.29, 1.82) is 0 Å². The minimum absolute atomic E-state index is 0.0109. The van der Waals surface area contributed by atoms with E-state index in [0.717, 1.165) is 0 Å². The first-order valence-corrected chi connectivity index (χ1v) is 12.2. The van der Waals surface area contributed by atoms with E-state index in [-0.39, 0.29) is 46.0 Å². The fourth-order valence-corrected chi connectivity index (χ4v) is 4.71. The molecule has 1 unspecified atom stereocenters. The molecule has 0 fully saturated rings. The molecule has 4 aromatic rings. The summed E-state index contributed by atoms with van der Waals surface area (Å²) in [7, 11) is 3.20. The second-order valence-electron chi connectivity index (χ2n) is 9.95. The number of aryl methyl sites for hydroxylation is 1. The lowest BCUT2D eigenvalue weighted by Crippen LogP contribution is -2.36. The number of benzene rings is 1. The minimum atomic E-state index is -5.71. The van der Waals surface area contributed by atoms with Crippen LogP contribution in [-0.4, -0.2) is 67.2 Å². The summed E-state index contributed by atoms with van der Waals surface area (Å²) in [6, 6.07) is 6.52. The Kier molecular flexibility index (Phi) is 6.42. The molecule has 5 rings (SSSR count). The van der Waals surface area contributed by atoms with Crippen LogP contribution in [0.5, 0.6) is 0 Å². The van der Waals surface area contributed by atoms with E-state index < -0.39 is 36.3 Å². The molecular formula is C26H23F5N8O2. The molecule has 0 bridgehead atoms. The van der Waals surface area contributed by atoms with Gasteiger partial charge in [0.2, 0.25) is 5.91 Å². The Morgan fingerprint density at radius 1 is 1.15 bits per heavy atom. The first-order valence-electron chi connectivity index (χ1n) is 12.2. The predicted molar refractivity (Wildman–Crippen MR) is 137 cm³/mol. The lowest BCUT2D eigenvalue weighted by Gasteiger charge is -2.24. The smallest absolute Gasteiger partial charge is 0.383 e. The van der Waals surface area contributed by atoms with Gasteiger partial charge in [-0.1, -0.05) is 12.1 Å². The number of nitrogens with zero attached hydrogens (tertiary/aromatic N) is 6. The number of nitrogen functional groups attached to an aromatic ring is 1. The lowest BCUT2D eigenvalue weighted by atomic mass is 9.77. The van der Waals surface area contributed by atoms with Gasteiger partial charge in [-0.2, -0.15) is 22.0 Å². The van der Waals surface area contributed by atoms with Crippen LogP contribution < -0.4 is 11.1 Å². The van der Waals surface area contributed by atoms with Crippen molar-refractivity contribution in [3.8, 4) is 11.5 Å². The van der Waals surface area contributed by atoms with E-state index in [1.165, 1.54) is 27.9 Å². The average molecular weight is 575 g/mol. The number of halogens is 5.